The highest BCUT2D eigenvalue weighted by Gasteiger charge is 2.33. The van der Waals surface area contributed by atoms with E-state index in [1.54, 1.807) is 0 Å². The number of nitrogens with zero attached hydrogens (tertiary/aromatic N) is 2. The summed E-state index contributed by atoms with van der Waals surface area (Å²) in [5.74, 6) is -0.647. The number of ether oxygens (including phenoxy) is 1. The normalized spacial score (nSPS) is 20.6. The van der Waals surface area contributed by atoms with Crippen molar-refractivity contribution in [3.8, 4) is 0 Å². The van der Waals surface area contributed by atoms with Crippen molar-refractivity contribution in [1.82, 2.24) is 4.90 Å². The highest BCUT2D eigenvalue weighted by Crippen LogP contribution is 2.33. The standard InChI is InChI=1S/C15H14Cl3N3O3S/c16-8-5-10(18)11(6-9(8)17)19-13(22)7-12-14(23)20-15(25-12)21-1-3-24-4-2-21/h5-6,12H,1-4,7H2,(H,19,22). The van der Waals surface area contributed by atoms with Crippen LogP contribution in [0.25, 0.3) is 0 Å². The van der Waals surface area contributed by atoms with Crippen LogP contribution in [0.4, 0.5) is 5.69 Å². The third-order valence-corrected chi connectivity index (χ3v) is 5.91. The number of amides is 2. The average Bonchev–Trinajstić information content (AvgIpc) is 2.94. The maximum atomic E-state index is 12.2. The van der Waals surface area contributed by atoms with Crippen molar-refractivity contribution in [3.05, 3.63) is 27.2 Å². The molecule has 1 unspecified atom stereocenters. The zero-order valence-corrected chi connectivity index (χ0v) is 16.0. The van der Waals surface area contributed by atoms with E-state index in [-0.39, 0.29) is 28.3 Å². The molecule has 134 valence electrons. The quantitative estimate of drug-likeness (QED) is 0.757. The Labute approximate surface area is 163 Å². The van der Waals surface area contributed by atoms with Crippen molar-refractivity contribution in [2.75, 3.05) is 31.6 Å². The third-order valence-electron chi connectivity index (χ3n) is 3.67. The number of anilines is 1. The minimum Gasteiger partial charge on any atom is -0.378 e. The van der Waals surface area contributed by atoms with Crippen LogP contribution in [0.5, 0.6) is 0 Å². The maximum absolute atomic E-state index is 12.2. The van der Waals surface area contributed by atoms with E-state index in [4.69, 9.17) is 39.5 Å². The van der Waals surface area contributed by atoms with Crippen LogP contribution in [0.1, 0.15) is 6.42 Å². The first-order valence-corrected chi connectivity index (χ1v) is 9.51. The van der Waals surface area contributed by atoms with Gasteiger partial charge in [-0.2, -0.15) is 4.99 Å². The molecule has 2 aliphatic heterocycles. The Morgan fingerprint density at radius 1 is 1.24 bits per heavy atom. The number of halogens is 3. The van der Waals surface area contributed by atoms with Gasteiger partial charge in [-0.3, -0.25) is 9.59 Å². The molecule has 0 bridgehead atoms. The van der Waals surface area contributed by atoms with Gasteiger partial charge in [-0.05, 0) is 12.1 Å². The van der Waals surface area contributed by atoms with Crippen LogP contribution in [0.3, 0.4) is 0 Å². The van der Waals surface area contributed by atoms with Gasteiger partial charge < -0.3 is 15.0 Å². The molecule has 6 nitrogen and oxygen atoms in total. The molecule has 0 aromatic heterocycles. The highest BCUT2D eigenvalue weighted by molar-refractivity contribution is 8.15. The first-order valence-electron chi connectivity index (χ1n) is 7.50. The zero-order valence-electron chi connectivity index (χ0n) is 12.9. The van der Waals surface area contributed by atoms with E-state index in [1.807, 2.05) is 4.90 Å². The van der Waals surface area contributed by atoms with Gasteiger partial charge in [0, 0.05) is 19.5 Å². The lowest BCUT2D eigenvalue weighted by Crippen LogP contribution is -2.39. The second kappa shape index (κ2) is 8.14. The van der Waals surface area contributed by atoms with Crippen LogP contribution in [0.15, 0.2) is 17.1 Å². The van der Waals surface area contributed by atoms with E-state index in [9.17, 15) is 9.59 Å². The number of morpholine rings is 1. The fourth-order valence-electron chi connectivity index (χ4n) is 2.39. The van der Waals surface area contributed by atoms with Crippen LogP contribution in [0.2, 0.25) is 15.1 Å². The van der Waals surface area contributed by atoms with Crippen molar-refractivity contribution in [2.45, 2.75) is 11.7 Å². The number of benzene rings is 1. The molecule has 10 heteroatoms. The number of thioether (sulfide) groups is 1. The molecule has 2 aliphatic rings. The summed E-state index contributed by atoms with van der Waals surface area (Å²) in [6.45, 7) is 2.59. The molecule has 1 N–H and O–H groups in total. The molecule has 0 spiro atoms. The molecule has 2 heterocycles. The van der Waals surface area contributed by atoms with Crippen LogP contribution < -0.4 is 5.32 Å². The highest BCUT2D eigenvalue weighted by atomic mass is 35.5. The Balaban J connectivity index is 1.59. The van der Waals surface area contributed by atoms with Crippen LogP contribution in [-0.2, 0) is 14.3 Å². The fourth-order valence-corrected chi connectivity index (χ4v) is 4.10. The van der Waals surface area contributed by atoms with Crippen LogP contribution in [0, 0.1) is 0 Å². The Morgan fingerprint density at radius 3 is 2.64 bits per heavy atom. The number of carbonyl (C=O) groups excluding carboxylic acids is 2. The Hall–Kier alpha value is -0.990. The van der Waals surface area contributed by atoms with E-state index in [0.29, 0.717) is 42.2 Å². The smallest absolute Gasteiger partial charge is 0.262 e. The van der Waals surface area contributed by atoms with Gasteiger partial charge in [0.2, 0.25) is 5.91 Å². The lowest BCUT2D eigenvalue weighted by molar-refractivity contribution is -0.121. The Morgan fingerprint density at radius 2 is 1.92 bits per heavy atom. The van der Waals surface area contributed by atoms with Crippen LogP contribution >= 0.6 is 46.6 Å². The minimum atomic E-state index is -0.542. The molecule has 25 heavy (non-hydrogen) atoms. The van der Waals surface area contributed by atoms with E-state index < -0.39 is 5.25 Å². The van der Waals surface area contributed by atoms with Crippen molar-refractivity contribution in [3.63, 3.8) is 0 Å². The minimum absolute atomic E-state index is 0.00257. The van der Waals surface area contributed by atoms with Gasteiger partial charge in [-0.15, -0.1) is 0 Å². The summed E-state index contributed by atoms with van der Waals surface area (Å²) in [4.78, 5) is 30.4. The molecular weight excluding hydrogens is 409 g/mol. The van der Waals surface area contributed by atoms with Gasteiger partial charge in [0.15, 0.2) is 5.17 Å². The summed E-state index contributed by atoms with van der Waals surface area (Å²) < 4.78 is 5.29. The molecular formula is C15H14Cl3N3O3S. The van der Waals surface area contributed by atoms with Crippen molar-refractivity contribution < 1.29 is 14.3 Å². The Kier molecular flexibility index (Phi) is 6.12. The molecule has 1 fully saturated rings. The van der Waals surface area contributed by atoms with Gasteiger partial charge in [0.25, 0.3) is 5.91 Å². The number of rotatable bonds is 3. The van der Waals surface area contributed by atoms with Gasteiger partial charge >= 0.3 is 0 Å². The molecule has 0 radical (unpaired) electrons. The zero-order chi connectivity index (χ0) is 18.0. The Bertz CT molecular complexity index is 738. The summed E-state index contributed by atoms with van der Waals surface area (Å²) >= 11 is 19.1. The second-order valence-electron chi connectivity index (χ2n) is 5.44. The number of amidine groups is 1. The number of aliphatic imine (C=N–C) groups is 1. The van der Waals surface area contributed by atoms with E-state index in [1.165, 1.54) is 23.9 Å². The third kappa shape index (κ3) is 4.60. The molecule has 1 saturated heterocycles. The van der Waals surface area contributed by atoms with E-state index in [2.05, 4.69) is 10.3 Å². The molecule has 1 atom stereocenters. The first-order chi connectivity index (χ1) is 11.9. The summed E-state index contributed by atoms with van der Waals surface area (Å²) in [7, 11) is 0. The summed E-state index contributed by atoms with van der Waals surface area (Å²) in [6, 6.07) is 2.93. The lowest BCUT2D eigenvalue weighted by Gasteiger charge is -2.27. The van der Waals surface area contributed by atoms with Gasteiger partial charge in [-0.25, -0.2) is 0 Å². The topological polar surface area (TPSA) is 71.0 Å². The van der Waals surface area contributed by atoms with Crippen LogP contribution in [-0.4, -0.2) is 53.4 Å². The van der Waals surface area contributed by atoms with E-state index >= 15 is 0 Å². The monoisotopic (exact) mass is 421 g/mol. The molecule has 0 aliphatic carbocycles. The van der Waals surface area contributed by atoms with Gasteiger partial charge in [0.05, 0.1) is 34.0 Å². The molecule has 1 aromatic carbocycles. The number of hydrogen-bond acceptors (Lipinski definition) is 5. The number of hydrogen-bond donors (Lipinski definition) is 1. The van der Waals surface area contributed by atoms with Crippen molar-refractivity contribution in [1.29, 1.82) is 0 Å². The average molecular weight is 423 g/mol. The summed E-state index contributed by atoms with van der Waals surface area (Å²) in [6.07, 6.45) is -0.00257. The molecule has 0 saturated carbocycles. The fraction of sp³-hybridized carbons (Fsp3) is 0.400. The van der Waals surface area contributed by atoms with Crippen molar-refractivity contribution >= 4 is 69.2 Å². The first kappa shape index (κ1) is 18.8. The molecule has 3 rings (SSSR count). The van der Waals surface area contributed by atoms with Gasteiger partial charge in [0.1, 0.15) is 5.25 Å². The predicted molar refractivity (Wildman–Crippen MR) is 101 cm³/mol. The molecule has 2 amide bonds. The predicted octanol–water partition coefficient (Wildman–Crippen LogP) is 3.31. The van der Waals surface area contributed by atoms with Gasteiger partial charge in [-0.1, -0.05) is 46.6 Å². The lowest BCUT2D eigenvalue weighted by atomic mass is 10.2. The number of nitrogens with one attached hydrogen (secondary N) is 1. The number of carbonyl (C=O) groups is 2. The largest absolute Gasteiger partial charge is 0.378 e. The SMILES string of the molecule is O=C(CC1SC(N2CCOCC2)=NC1=O)Nc1cc(Cl)c(Cl)cc1Cl. The second-order valence-corrected chi connectivity index (χ2v) is 7.83. The summed E-state index contributed by atoms with van der Waals surface area (Å²) in [5, 5.41) is 3.63. The van der Waals surface area contributed by atoms with Crippen molar-refractivity contribution in [2.24, 2.45) is 4.99 Å². The maximum Gasteiger partial charge on any atom is 0.262 e. The van der Waals surface area contributed by atoms with E-state index in [0.717, 1.165) is 0 Å². The molecule has 1 aromatic rings. The summed E-state index contributed by atoms with van der Waals surface area (Å²) in [5.41, 5.74) is 0.353.